The van der Waals surface area contributed by atoms with E-state index in [1.165, 1.54) is 23.8 Å². The number of rotatable bonds is 6. The summed E-state index contributed by atoms with van der Waals surface area (Å²) in [5, 5.41) is 8.43. The van der Waals surface area contributed by atoms with E-state index in [4.69, 9.17) is 5.39 Å². The summed E-state index contributed by atoms with van der Waals surface area (Å²) in [6, 6.07) is 5.70. The standard InChI is InChI=1S/C15H15N3O3.C8H9N2.F6P/c1-10-13(4-16-7-19)11(2)15(6-18-9-21)12(3)14(10)5-17-8-20;1-6-3-4-8(10-9)7(2)5-6;1-7(2,3,4,5)6/h4-6H2,1-3H3;3-5H,1-2H3;/q;+1;-1. The van der Waals surface area contributed by atoms with Crippen LogP contribution in [0.5, 0.6) is 0 Å². The number of nitrogens with zero attached hydrogens (tertiary/aromatic N) is 5. The topological polar surface area (TPSA) is 116 Å². The Kier molecular flexibility index (Phi) is 11.6. The number of carbonyl (C=O) groups excluding carboxylic acids is 3. The van der Waals surface area contributed by atoms with Crippen molar-refractivity contribution < 1.29 is 39.6 Å². The van der Waals surface area contributed by atoms with E-state index in [0.717, 1.165) is 38.9 Å². The molecule has 38 heavy (non-hydrogen) atoms. The number of hydrogen-bond acceptors (Lipinski definition) is 7. The summed E-state index contributed by atoms with van der Waals surface area (Å²) < 4.78 is 59.2. The molecule has 0 spiro atoms. The summed E-state index contributed by atoms with van der Waals surface area (Å²) in [5.41, 5.74) is 8.16. The van der Waals surface area contributed by atoms with Gasteiger partial charge in [-0.1, -0.05) is 11.6 Å². The molecule has 15 heteroatoms. The van der Waals surface area contributed by atoms with Crippen molar-refractivity contribution in [1.82, 2.24) is 0 Å². The first-order chi connectivity index (χ1) is 17.3. The number of benzene rings is 2. The molecular weight excluding hydrogens is 539 g/mol. The van der Waals surface area contributed by atoms with Gasteiger partial charge in [0.05, 0.1) is 19.6 Å². The van der Waals surface area contributed by atoms with Gasteiger partial charge in [-0.15, -0.1) is 0 Å². The molecule has 2 aromatic carbocycles. The van der Waals surface area contributed by atoms with Crippen LogP contribution in [0, 0.1) is 40.0 Å². The zero-order valence-electron chi connectivity index (χ0n) is 21.0. The van der Waals surface area contributed by atoms with E-state index in [1.807, 2.05) is 46.8 Å². The Hall–Kier alpha value is -3.99. The summed E-state index contributed by atoms with van der Waals surface area (Å²) in [4.78, 5) is 45.0. The van der Waals surface area contributed by atoms with E-state index in [2.05, 4.69) is 20.0 Å². The Morgan fingerprint density at radius 3 is 1.26 bits per heavy atom. The number of diazo groups is 1. The van der Waals surface area contributed by atoms with Crippen molar-refractivity contribution in [2.45, 2.75) is 54.3 Å². The summed E-state index contributed by atoms with van der Waals surface area (Å²) in [6.07, 6.45) is 4.54. The number of halogens is 6. The summed E-state index contributed by atoms with van der Waals surface area (Å²) in [7, 11) is -10.7. The molecule has 0 bridgehead atoms. The molecule has 0 heterocycles. The van der Waals surface area contributed by atoms with E-state index in [0.29, 0.717) is 5.69 Å². The molecule has 0 amide bonds. The molecular formula is C23H24F6N5O3P. The third-order valence-electron chi connectivity index (χ3n) is 5.08. The zero-order valence-corrected chi connectivity index (χ0v) is 21.9. The normalized spacial score (nSPS) is 11.7. The van der Waals surface area contributed by atoms with Gasteiger partial charge in [0.2, 0.25) is 23.6 Å². The number of aliphatic imine (C=N–C) groups is 3. The maximum absolute atomic E-state index is 10.7. The fourth-order valence-corrected chi connectivity index (χ4v) is 3.35. The molecule has 0 unspecified atom stereocenters. The van der Waals surface area contributed by atoms with Gasteiger partial charge < -0.3 is 0 Å². The van der Waals surface area contributed by atoms with Crippen molar-refractivity contribution in [3.63, 3.8) is 0 Å². The number of hydrogen-bond donors (Lipinski definition) is 0. The summed E-state index contributed by atoms with van der Waals surface area (Å²) in [5.74, 6) is 0. The molecule has 206 valence electrons. The molecule has 0 aliphatic heterocycles. The van der Waals surface area contributed by atoms with Crippen LogP contribution in [-0.4, -0.2) is 18.2 Å². The van der Waals surface area contributed by atoms with Crippen molar-refractivity contribution >= 4 is 31.7 Å². The van der Waals surface area contributed by atoms with Crippen molar-refractivity contribution in [3.8, 4) is 0 Å². The molecule has 0 aliphatic carbocycles. The molecule has 0 fully saturated rings. The van der Waals surface area contributed by atoms with Crippen LogP contribution >= 0.6 is 7.81 Å². The Bertz CT molecular complexity index is 1240. The summed E-state index contributed by atoms with van der Waals surface area (Å²) in [6.45, 7) is 10.2. The molecule has 0 saturated heterocycles. The van der Waals surface area contributed by atoms with Gasteiger partial charge in [0.25, 0.3) is 0 Å². The van der Waals surface area contributed by atoms with Crippen LogP contribution in [0.4, 0.5) is 30.9 Å². The molecule has 2 rings (SSSR count). The second-order valence-electron chi connectivity index (χ2n) is 7.88. The van der Waals surface area contributed by atoms with Gasteiger partial charge in [-0.25, -0.2) is 29.4 Å². The first kappa shape index (κ1) is 34.0. The van der Waals surface area contributed by atoms with E-state index < -0.39 is 7.81 Å². The van der Waals surface area contributed by atoms with Gasteiger partial charge in [-0.2, -0.15) is 0 Å². The van der Waals surface area contributed by atoms with E-state index in [-0.39, 0.29) is 19.6 Å². The molecule has 0 atom stereocenters. The summed E-state index contributed by atoms with van der Waals surface area (Å²) >= 11 is 0. The van der Waals surface area contributed by atoms with Gasteiger partial charge in [0, 0.05) is 11.6 Å². The molecule has 8 nitrogen and oxygen atoms in total. The first-order valence-corrected chi connectivity index (χ1v) is 12.5. The first-order valence-electron chi connectivity index (χ1n) is 10.5. The van der Waals surface area contributed by atoms with Crippen LogP contribution in [0.2, 0.25) is 0 Å². The van der Waals surface area contributed by atoms with Crippen molar-refractivity contribution in [2.24, 2.45) is 15.0 Å². The van der Waals surface area contributed by atoms with E-state index in [1.54, 1.807) is 6.07 Å². The third-order valence-corrected chi connectivity index (χ3v) is 5.08. The van der Waals surface area contributed by atoms with E-state index >= 15 is 0 Å². The molecule has 0 radical (unpaired) electrons. The van der Waals surface area contributed by atoms with Crippen LogP contribution < -0.4 is 0 Å². The van der Waals surface area contributed by atoms with Gasteiger partial charge in [0.1, 0.15) is 0 Å². The van der Waals surface area contributed by atoms with Gasteiger partial charge in [0.15, 0.2) is 4.98 Å². The second-order valence-corrected chi connectivity index (χ2v) is 9.80. The van der Waals surface area contributed by atoms with Crippen molar-refractivity contribution in [1.29, 1.82) is 5.39 Å². The predicted molar refractivity (Wildman–Crippen MR) is 130 cm³/mol. The van der Waals surface area contributed by atoms with E-state index in [9.17, 15) is 39.6 Å². The van der Waals surface area contributed by atoms with Crippen LogP contribution in [0.3, 0.4) is 0 Å². The monoisotopic (exact) mass is 563 g/mol. The van der Waals surface area contributed by atoms with Crippen LogP contribution in [0.1, 0.15) is 44.5 Å². The Morgan fingerprint density at radius 1 is 0.711 bits per heavy atom. The zero-order chi connectivity index (χ0) is 29.8. The minimum atomic E-state index is -10.7. The minimum absolute atomic E-state index is 0.192. The van der Waals surface area contributed by atoms with Gasteiger partial charge in [-0.3, -0.25) is 0 Å². The molecule has 0 saturated carbocycles. The third kappa shape index (κ3) is 13.9. The van der Waals surface area contributed by atoms with Crippen LogP contribution in [0.25, 0.3) is 4.98 Å². The average Bonchev–Trinajstić information content (AvgIpc) is 2.77. The average molecular weight is 563 g/mol. The molecule has 0 aromatic heterocycles. The Balaban J connectivity index is 0.000000661. The Labute approximate surface area is 214 Å². The predicted octanol–water partition coefficient (Wildman–Crippen LogP) is 8.29. The SMILES string of the molecule is Cc1c(CN=C=O)c(C)c(CN=C=O)c(C)c1CN=C=O.Cc1ccc([N+]#N)c(C)c1.F[P-](F)(F)(F)(F)F. The Morgan fingerprint density at radius 2 is 1.03 bits per heavy atom. The molecule has 2 aromatic rings. The fourth-order valence-electron chi connectivity index (χ4n) is 3.35. The van der Waals surface area contributed by atoms with Crippen molar-refractivity contribution in [2.75, 3.05) is 0 Å². The van der Waals surface area contributed by atoms with Crippen molar-refractivity contribution in [3.05, 3.63) is 67.7 Å². The fraction of sp³-hybridized carbons (Fsp3) is 0.348. The number of isocyanates is 3. The van der Waals surface area contributed by atoms with Crippen LogP contribution in [0.15, 0.2) is 33.2 Å². The number of aryl methyl sites for hydroxylation is 2. The molecule has 0 aliphatic rings. The van der Waals surface area contributed by atoms with Crippen LogP contribution in [-0.2, 0) is 34.0 Å². The maximum atomic E-state index is 10.4. The van der Waals surface area contributed by atoms with Gasteiger partial charge >= 0.3 is 38.7 Å². The molecule has 0 N–H and O–H groups in total. The quantitative estimate of drug-likeness (QED) is 0.116. The van der Waals surface area contributed by atoms with Gasteiger partial charge in [-0.05, 0) is 74.1 Å². The second kappa shape index (κ2) is 13.0.